The Balaban J connectivity index is 2.33. The number of anilines is 1. The molecule has 1 amide bonds. The van der Waals surface area contributed by atoms with Crippen LogP contribution in [-0.2, 0) is 0 Å². The molecule has 1 aromatic heterocycles. The maximum atomic E-state index is 12.4. The first-order chi connectivity index (χ1) is 10.1. The predicted molar refractivity (Wildman–Crippen MR) is 84.0 cm³/mol. The lowest BCUT2D eigenvalue weighted by Gasteiger charge is -2.09. The number of aromatic nitrogens is 1. The third-order valence-corrected chi connectivity index (χ3v) is 3.03. The fraction of sp³-hybridized carbons (Fsp3) is 0.176. The van der Waals surface area contributed by atoms with Gasteiger partial charge in [-0.25, -0.2) is 0 Å². The highest BCUT2D eigenvalue weighted by molar-refractivity contribution is 6.06. The van der Waals surface area contributed by atoms with Gasteiger partial charge in [-0.15, -0.1) is 0 Å². The summed E-state index contributed by atoms with van der Waals surface area (Å²) in [5.41, 5.74) is 9.31. The Hall–Kier alpha value is -2.64. The lowest BCUT2D eigenvalue weighted by Crippen LogP contribution is -2.14. The van der Waals surface area contributed by atoms with E-state index in [-0.39, 0.29) is 12.5 Å². The highest BCUT2D eigenvalue weighted by Crippen LogP contribution is 2.16. The van der Waals surface area contributed by atoms with Crippen LogP contribution < -0.4 is 11.1 Å². The Labute approximate surface area is 124 Å². The predicted octanol–water partition coefficient (Wildman–Crippen LogP) is 2.26. The molecular weight excluding hydrogens is 262 g/mol. The van der Waals surface area contributed by atoms with Crippen LogP contribution in [0.5, 0.6) is 0 Å². The number of nitrogens with one attached hydrogen (secondary N) is 1. The molecule has 0 aliphatic rings. The molecule has 0 radical (unpaired) electrons. The summed E-state index contributed by atoms with van der Waals surface area (Å²) < 4.78 is 0. The largest absolute Gasteiger partial charge is 0.320 e. The number of benzene rings is 1. The fourth-order valence-electron chi connectivity index (χ4n) is 1.89. The van der Waals surface area contributed by atoms with Crippen LogP contribution in [0.2, 0.25) is 0 Å². The molecule has 0 atom stereocenters. The maximum Gasteiger partial charge on any atom is 0.256 e. The first-order valence-electron chi connectivity index (χ1n) is 6.63. The maximum absolute atomic E-state index is 12.4. The molecule has 21 heavy (non-hydrogen) atoms. The van der Waals surface area contributed by atoms with Gasteiger partial charge in [0.05, 0.1) is 24.0 Å². The summed E-state index contributed by atoms with van der Waals surface area (Å²) in [6.07, 6.45) is 3.32. The number of nitrogens with zero attached hydrogens (tertiary/aromatic N) is 1. The normalized spacial score (nSPS) is 9.67. The molecule has 0 saturated carbocycles. The summed E-state index contributed by atoms with van der Waals surface area (Å²) in [7, 11) is 0. The van der Waals surface area contributed by atoms with Gasteiger partial charge in [0, 0.05) is 11.8 Å². The van der Waals surface area contributed by atoms with Crippen molar-refractivity contribution < 1.29 is 4.79 Å². The second-order valence-corrected chi connectivity index (χ2v) is 4.70. The van der Waals surface area contributed by atoms with Crippen LogP contribution in [0.4, 0.5) is 5.69 Å². The van der Waals surface area contributed by atoms with Crippen LogP contribution in [0.25, 0.3) is 0 Å². The van der Waals surface area contributed by atoms with Crippen LogP contribution in [0.1, 0.15) is 27.0 Å². The van der Waals surface area contributed by atoms with Gasteiger partial charge in [-0.3, -0.25) is 9.78 Å². The van der Waals surface area contributed by atoms with Gasteiger partial charge in [0.1, 0.15) is 0 Å². The Morgan fingerprint density at radius 3 is 2.86 bits per heavy atom. The van der Waals surface area contributed by atoms with Gasteiger partial charge in [-0.1, -0.05) is 17.9 Å². The van der Waals surface area contributed by atoms with E-state index in [1.165, 1.54) is 0 Å². The quantitative estimate of drug-likeness (QED) is 0.829. The van der Waals surface area contributed by atoms with E-state index in [0.29, 0.717) is 16.8 Å². The second-order valence-electron chi connectivity index (χ2n) is 4.70. The molecule has 4 heteroatoms. The van der Waals surface area contributed by atoms with Crippen molar-refractivity contribution in [3.05, 3.63) is 58.9 Å². The third-order valence-electron chi connectivity index (χ3n) is 3.03. The summed E-state index contributed by atoms with van der Waals surface area (Å²) in [6, 6.07) is 7.39. The topological polar surface area (TPSA) is 68.0 Å². The minimum atomic E-state index is -0.201. The van der Waals surface area contributed by atoms with Crippen molar-refractivity contribution >= 4 is 11.6 Å². The summed E-state index contributed by atoms with van der Waals surface area (Å²) in [5, 5.41) is 2.86. The van der Waals surface area contributed by atoms with Gasteiger partial charge in [0.25, 0.3) is 5.91 Å². The molecule has 2 aromatic rings. The van der Waals surface area contributed by atoms with Gasteiger partial charge >= 0.3 is 0 Å². The molecule has 4 nitrogen and oxygen atoms in total. The van der Waals surface area contributed by atoms with Gasteiger partial charge in [0.2, 0.25) is 0 Å². The molecule has 3 N–H and O–H groups in total. The monoisotopic (exact) mass is 279 g/mol. The minimum Gasteiger partial charge on any atom is -0.320 e. The molecule has 1 heterocycles. The Morgan fingerprint density at radius 2 is 2.14 bits per heavy atom. The van der Waals surface area contributed by atoms with Gasteiger partial charge < -0.3 is 11.1 Å². The molecule has 0 aliphatic carbocycles. The molecule has 0 aliphatic heterocycles. The Kier molecular flexibility index (Phi) is 4.70. The number of pyridine rings is 1. The zero-order valence-corrected chi connectivity index (χ0v) is 12.1. The van der Waals surface area contributed by atoms with Crippen molar-refractivity contribution in [3.63, 3.8) is 0 Å². The molecule has 2 rings (SSSR count). The smallest absolute Gasteiger partial charge is 0.256 e. The Bertz CT molecular complexity index is 726. The number of carbonyl (C=O) groups excluding carboxylic acids is 1. The van der Waals surface area contributed by atoms with Crippen molar-refractivity contribution in [2.75, 3.05) is 11.9 Å². The minimum absolute atomic E-state index is 0.201. The SMILES string of the molecule is Cc1ccc(C(=O)Nc2cnccc2C)c(C#CCN)c1. The van der Waals surface area contributed by atoms with Crippen LogP contribution in [0.15, 0.2) is 36.7 Å². The number of rotatable bonds is 2. The standard InChI is InChI=1S/C17H17N3O/c1-12-5-6-15(14(10-12)4-3-8-18)17(21)20-16-11-19-9-7-13(16)2/h5-7,9-11H,8,18H2,1-2H3,(H,20,21). The number of nitrogens with two attached hydrogens (primary N) is 1. The van der Waals surface area contributed by atoms with E-state index in [1.807, 2.05) is 32.0 Å². The molecule has 0 fully saturated rings. The van der Waals surface area contributed by atoms with E-state index in [1.54, 1.807) is 18.5 Å². The Morgan fingerprint density at radius 1 is 1.33 bits per heavy atom. The van der Waals surface area contributed by atoms with E-state index < -0.39 is 0 Å². The van der Waals surface area contributed by atoms with Crippen molar-refractivity contribution in [1.29, 1.82) is 0 Å². The van der Waals surface area contributed by atoms with Crippen LogP contribution in [0, 0.1) is 25.7 Å². The van der Waals surface area contributed by atoms with Gasteiger partial charge in [-0.05, 0) is 43.2 Å². The highest BCUT2D eigenvalue weighted by atomic mass is 16.1. The van der Waals surface area contributed by atoms with E-state index in [4.69, 9.17) is 5.73 Å². The van der Waals surface area contributed by atoms with Crippen LogP contribution >= 0.6 is 0 Å². The number of hydrogen-bond donors (Lipinski definition) is 2. The zero-order valence-electron chi connectivity index (χ0n) is 12.1. The number of aryl methyl sites for hydroxylation is 2. The van der Waals surface area contributed by atoms with Crippen molar-refractivity contribution in [3.8, 4) is 11.8 Å². The third kappa shape index (κ3) is 3.68. The van der Waals surface area contributed by atoms with Crippen molar-refractivity contribution in [2.45, 2.75) is 13.8 Å². The highest BCUT2D eigenvalue weighted by Gasteiger charge is 2.11. The fourth-order valence-corrected chi connectivity index (χ4v) is 1.89. The van der Waals surface area contributed by atoms with E-state index in [9.17, 15) is 4.79 Å². The van der Waals surface area contributed by atoms with E-state index >= 15 is 0 Å². The van der Waals surface area contributed by atoms with Crippen molar-refractivity contribution in [1.82, 2.24) is 4.98 Å². The molecule has 0 spiro atoms. The lowest BCUT2D eigenvalue weighted by atomic mass is 10.0. The average Bonchev–Trinajstić information content (AvgIpc) is 2.47. The number of carbonyl (C=O) groups is 1. The van der Waals surface area contributed by atoms with Crippen LogP contribution in [-0.4, -0.2) is 17.4 Å². The summed E-state index contributed by atoms with van der Waals surface area (Å²) in [4.78, 5) is 16.4. The van der Waals surface area contributed by atoms with Gasteiger partial charge in [0.15, 0.2) is 0 Å². The molecule has 106 valence electrons. The van der Waals surface area contributed by atoms with E-state index in [0.717, 1.165) is 11.1 Å². The lowest BCUT2D eigenvalue weighted by molar-refractivity contribution is 0.102. The van der Waals surface area contributed by atoms with E-state index in [2.05, 4.69) is 22.1 Å². The molecule has 1 aromatic carbocycles. The molecular formula is C17H17N3O. The first-order valence-corrected chi connectivity index (χ1v) is 6.63. The average molecular weight is 279 g/mol. The first kappa shape index (κ1) is 14.8. The number of hydrogen-bond acceptors (Lipinski definition) is 3. The van der Waals surface area contributed by atoms with Crippen molar-refractivity contribution in [2.24, 2.45) is 5.73 Å². The molecule has 0 saturated heterocycles. The second kappa shape index (κ2) is 6.69. The zero-order chi connectivity index (χ0) is 15.2. The summed E-state index contributed by atoms with van der Waals surface area (Å²) in [5.74, 6) is 5.53. The van der Waals surface area contributed by atoms with Crippen LogP contribution in [0.3, 0.4) is 0 Å². The van der Waals surface area contributed by atoms with Gasteiger partial charge in [-0.2, -0.15) is 0 Å². The molecule has 0 bridgehead atoms. The summed E-state index contributed by atoms with van der Waals surface area (Å²) in [6.45, 7) is 4.14. The summed E-state index contributed by atoms with van der Waals surface area (Å²) >= 11 is 0. The molecule has 0 unspecified atom stereocenters. The number of amides is 1.